The number of hydrogen-bond donors (Lipinski definition) is 2. The van der Waals surface area contributed by atoms with Crippen molar-refractivity contribution in [2.45, 2.75) is 26.5 Å². The molecule has 1 aromatic carbocycles. The van der Waals surface area contributed by atoms with Crippen LogP contribution in [0.1, 0.15) is 23.9 Å². The number of aryl methyl sites for hydroxylation is 1. The van der Waals surface area contributed by atoms with Crippen LogP contribution in [0.15, 0.2) is 42.7 Å². The zero-order chi connectivity index (χ0) is 15.8. The molecule has 0 saturated carbocycles. The van der Waals surface area contributed by atoms with Crippen LogP contribution in [0, 0.1) is 0 Å². The second-order valence-corrected chi connectivity index (χ2v) is 4.92. The number of amides is 1. The maximum Gasteiger partial charge on any atom is 0.244 e. The molecule has 0 atom stereocenters. The summed E-state index contributed by atoms with van der Waals surface area (Å²) in [5.41, 5.74) is 2.02. The molecule has 0 aliphatic carbocycles. The van der Waals surface area contributed by atoms with E-state index in [1.807, 2.05) is 42.0 Å². The molecule has 0 bridgehead atoms. The van der Waals surface area contributed by atoms with E-state index in [-0.39, 0.29) is 12.5 Å². The van der Waals surface area contributed by atoms with Gasteiger partial charge in [0.1, 0.15) is 5.82 Å². The van der Waals surface area contributed by atoms with E-state index in [1.54, 1.807) is 12.3 Å². The first-order valence-electron chi connectivity index (χ1n) is 7.38. The number of aromatic nitrogens is 2. The summed E-state index contributed by atoms with van der Waals surface area (Å²) < 4.78 is 1.96. The number of rotatable bonds is 7. The van der Waals surface area contributed by atoms with E-state index in [9.17, 15) is 4.79 Å². The molecule has 0 saturated heterocycles. The van der Waals surface area contributed by atoms with Crippen LogP contribution >= 0.6 is 0 Å². The molecule has 1 heterocycles. The summed E-state index contributed by atoms with van der Waals surface area (Å²) >= 11 is 0. The predicted octanol–water partition coefficient (Wildman–Crippen LogP) is 1.77. The molecule has 2 aromatic rings. The largest absolute Gasteiger partial charge is 0.392 e. The molecule has 2 rings (SSSR count). The first-order chi connectivity index (χ1) is 10.7. The Labute approximate surface area is 130 Å². The standard InChI is InChI=1S/C17H21N3O2/c1-2-20-12-11-18-16(20)7-8-17(22)19-10-9-14-3-5-15(13-21)6-4-14/h3-8,11-12,21H,2,9-10,13H2,1H3,(H,19,22)/b8-7+. The second-order valence-electron chi connectivity index (χ2n) is 4.92. The van der Waals surface area contributed by atoms with Crippen molar-refractivity contribution in [3.8, 4) is 0 Å². The fourth-order valence-corrected chi connectivity index (χ4v) is 2.10. The average molecular weight is 299 g/mol. The normalized spacial score (nSPS) is 11.0. The third kappa shape index (κ3) is 4.56. The molecule has 0 aliphatic rings. The molecule has 1 amide bonds. The van der Waals surface area contributed by atoms with Crippen molar-refractivity contribution in [2.24, 2.45) is 0 Å². The van der Waals surface area contributed by atoms with Crippen molar-refractivity contribution < 1.29 is 9.90 Å². The maximum atomic E-state index is 11.8. The molecule has 0 fully saturated rings. The number of nitrogens with zero attached hydrogens (tertiary/aromatic N) is 2. The van der Waals surface area contributed by atoms with E-state index in [4.69, 9.17) is 5.11 Å². The highest BCUT2D eigenvalue weighted by atomic mass is 16.3. The summed E-state index contributed by atoms with van der Waals surface area (Å²) in [6.07, 6.45) is 7.58. The van der Waals surface area contributed by atoms with Crippen LogP contribution in [0.3, 0.4) is 0 Å². The Hall–Kier alpha value is -2.40. The van der Waals surface area contributed by atoms with Gasteiger partial charge in [0.25, 0.3) is 0 Å². The van der Waals surface area contributed by atoms with E-state index in [2.05, 4.69) is 10.3 Å². The third-order valence-corrected chi connectivity index (χ3v) is 3.39. The Balaban J connectivity index is 1.77. The summed E-state index contributed by atoms with van der Waals surface area (Å²) in [6.45, 7) is 3.48. The van der Waals surface area contributed by atoms with Gasteiger partial charge in [0, 0.05) is 31.6 Å². The van der Waals surface area contributed by atoms with Crippen LogP contribution < -0.4 is 5.32 Å². The van der Waals surface area contributed by atoms with E-state index in [1.165, 1.54) is 6.08 Å². The Morgan fingerprint density at radius 3 is 2.73 bits per heavy atom. The zero-order valence-electron chi connectivity index (χ0n) is 12.7. The smallest absolute Gasteiger partial charge is 0.244 e. The third-order valence-electron chi connectivity index (χ3n) is 3.39. The van der Waals surface area contributed by atoms with Gasteiger partial charge >= 0.3 is 0 Å². The van der Waals surface area contributed by atoms with Crippen LogP contribution in [0.4, 0.5) is 0 Å². The molecule has 2 N–H and O–H groups in total. The van der Waals surface area contributed by atoms with Gasteiger partial charge in [0.05, 0.1) is 6.61 Å². The van der Waals surface area contributed by atoms with Gasteiger partial charge in [0.2, 0.25) is 5.91 Å². The zero-order valence-corrected chi connectivity index (χ0v) is 12.7. The van der Waals surface area contributed by atoms with Crippen LogP contribution in [0.5, 0.6) is 0 Å². The number of aliphatic hydroxyl groups excluding tert-OH is 1. The summed E-state index contributed by atoms with van der Waals surface area (Å²) in [5, 5.41) is 11.8. The minimum atomic E-state index is -0.127. The quantitative estimate of drug-likeness (QED) is 0.766. The Kier molecular flexibility index (Phi) is 5.91. The average Bonchev–Trinajstić information content (AvgIpc) is 3.01. The van der Waals surface area contributed by atoms with Gasteiger partial charge in [-0.15, -0.1) is 0 Å². The summed E-state index contributed by atoms with van der Waals surface area (Å²) in [4.78, 5) is 15.9. The van der Waals surface area contributed by atoms with Crippen molar-refractivity contribution in [1.82, 2.24) is 14.9 Å². The number of carbonyl (C=O) groups is 1. The van der Waals surface area contributed by atoms with Gasteiger partial charge < -0.3 is 15.0 Å². The molecule has 0 aliphatic heterocycles. The minimum absolute atomic E-state index is 0.0509. The lowest BCUT2D eigenvalue weighted by Gasteiger charge is -2.04. The Bertz CT molecular complexity index is 630. The molecular weight excluding hydrogens is 278 g/mol. The number of aliphatic hydroxyl groups is 1. The number of benzene rings is 1. The Morgan fingerprint density at radius 1 is 1.32 bits per heavy atom. The Morgan fingerprint density at radius 2 is 2.05 bits per heavy atom. The second kappa shape index (κ2) is 8.14. The van der Waals surface area contributed by atoms with Crippen LogP contribution in [-0.2, 0) is 24.4 Å². The minimum Gasteiger partial charge on any atom is -0.392 e. The fraction of sp³-hybridized carbons (Fsp3) is 0.294. The number of carbonyl (C=O) groups excluding carboxylic acids is 1. The summed E-state index contributed by atoms with van der Waals surface area (Å²) in [6, 6.07) is 7.71. The topological polar surface area (TPSA) is 67.2 Å². The monoisotopic (exact) mass is 299 g/mol. The van der Waals surface area contributed by atoms with Crippen molar-refractivity contribution in [2.75, 3.05) is 6.54 Å². The lowest BCUT2D eigenvalue weighted by Crippen LogP contribution is -2.23. The summed E-state index contributed by atoms with van der Waals surface area (Å²) in [5.74, 6) is 0.648. The molecule has 5 nitrogen and oxygen atoms in total. The molecule has 5 heteroatoms. The van der Waals surface area contributed by atoms with Crippen LogP contribution in [-0.4, -0.2) is 27.1 Å². The van der Waals surface area contributed by atoms with Crippen LogP contribution in [0.25, 0.3) is 6.08 Å². The van der Waals surface area contributed by atoms with Crippen molar-refractivity contribution in [1.29, 1.82) is 0 Å². The van der Waals surface area contributed by atoms with E-state index >= 15 is 0 Å². The SMILES string of the molecule is CCn1ccnc1/C=C/C(=O)NCCc1ccc(CO)cc1. The number of imidazole rings is 1. The molecular formula is C17H21N3O2. The predicted molar refractivity (Wildman–Crippen MR) is 86.0 cm³/mol. The molecule has 116 valence electrons. The summed E-state index contributed by atoms with van der Waals surface area (Å²) in [7, 11) is 0. The van der Waals surface area contributed by atoms with Gasteiger partial charge in [-0.3, -0.25) is 4.79 Å². The first kappa shape index (κ1) is 16.0. The number of hydrogen-bond acceptors (Lipinski definition) is 3. The lowest BCUT2D eigenvalue weighted by molar-refractivity contribution is -0.116. The molecule has 22 heavy (non-hydrogen) atoms. The highest BCUT2D eigenvalue weighted by molar-refractivity contribution is 5.91. The van der Waals surface area contributed by atoms with Crippen molar-refractivity contribution in [3.05, 3.63) is 59.7 Å². The fourth-order valence-electron chi connectivity index (χ4n) is 2.10. The van der Waals surface area contributed by atoms with Crippen molar-refractivity contribution in [3.63, 3.8) is 0 Å². The van der Waals surface area contributed by atoms with Crippen LogP contribution in [0.2, 0.25) is 0 Å². The molecule has 0 radical (unpaired) electrons. The van der Waals surface area contributed by atoms with Gasteiger partial charge in [-0.05, 0) is 30.5 Å². The highest BCUT2D eigenvalue weighted by Crippen LogP contribution is 2.04. The van der Waals surface area contributed by atoms with Crippen molar-refractivity contribution >= 4 is 12.0 Å². The van der Waals surface area contributed by atoms with E-state index in [0.29, 0.717) is 6.54 Å². The van der Waals surface area contributed by atoms with Gasteiger partial charge in [-0.1, -0.05) is 24.3 Å². The maximum absolute atomic E-state index is 11.8. The van der Waals surface area contributed by atoms with E-state index < -0.39 is 0 Å². The van der Waals surface area contributed by atoms with E-state index in [0.717, 1.165) is 29.9 Å². The molecule has 1 aromatic heterocycles. The van der Waals surface area contributed by atoms with Gasteiger partial charge in [-0.25, -0.2) is 4.98 Å². The molecule has 0 spiro atoms. The lowest BCUT2D eigenvalue weighted by atomic mass is 10.1. The van der Waals surface area contributed by atoms with Gasteiger partial charge in [0.15, 0.2) is 0 Å². The highest BCUT2D eigenvalue weighted by Gasteiger charge is 1.99. The number of nitrogens with one attached hydrogen (secondary N) is 1. The first-order valence-corrected chi connectivity index (χ1v) is 7.38. The van der Waals surface area contributed by atoms with Gasteiger partial charge in [-0.2, -0.15) is 0 Å². The molecule has 0 unspecified atom stereocenters.